The first-order valence-corrected chi connectivity index (χ1v) is 7.10. The number of carbonyl (C=O) groups excluding carboxylic acids is 1. The lowest BCUT2D eigenvalue weighted by molar-refractivity contribution is -0.129. The number of fused-ring (bicyclic) bond motifs is 1. The van der Waals surface area contributed by atoms with Crippen molar-refractivity contribution in [1.82, 2.24) is 4.90 Å². The van der Waals surface area contributed by atoms with Gasteiger partial charge >= 0.3 is 0 Å². The third kappa shape index (κ3) is 2.30. The molecule has 1 amide bonds. The summed E-state index contributed by atoms with van der Waals surface area (Å²) in [6.07, 6.45) is 1.68. The Hall–Kier alpha value is -1.26. The van der Waals surface area contributed by atoms with Crippen molar-refractivity contribution < 1.29 is 4.79 Å². The fraction of sp³-hybridized carbons (Fsp3) is 0.500. The van der Waals surface area contributed by atoms with Gasteiger partial charge in [0.1, 0.15) is 0 Å². The molecule has 2 fully saturated rings. The van der Waals surface area contributed by atoms with Gasteiger partial charge in [0.25, 0.3) is 0 Å². The molecule has 1 aromatic carbocycles. The molecular formula is C14H18ClN3O. The molecule has 19 heavy (non-hydrogen) atoms. The van der Waals surface area contributed by atoms with Crippen LogP contribution in [-0.4, -0.2) is 36.5 Å². The zero-order valence-electron chi connectivity index (χ0n) is 10.8. The van der Waals surface area contributed by atoms with Crippen molar-refractivity contribution in [3.63, 3.8) is 0 Å². The molecule has 4 nitrogen and oxygen atoms in total. The van der Waals surface area contributed by atoms with Crippen molar-refractivity contribution >= 4 is 23.2 Å². The maximum Gasteiger partial charge on any atom is 0.223 e. The molecule has 1 atom stereocenters. The highest BCUT2D eigenvalue weighted by atomic mass is 35.5. The topological polar surface area (TPSA) is 49.6 Å². The number of hydrogen-bond donors (Lipinski definition) is 1. The molecule has 102 valence electrons. The summed E-state index contributed by atoms with van der Waals surface area (Å²) in [7, 11) is 0. The molecule has 2 aliphatic heterocycles. The average molecular weight is 280 g/mol. The molecule has 2 heterocycles. The van der Waals surface area contributed by atoms with Crippen molar-refractivity contribution in [2.24, 2.45) is 5.73 Å². The SMILES string of the molecule is NCc1ccc(N2CCN3C(=O)CCC3C2)cc1Cl. The van der Waals surface area contributed by atoms with Gasteiger partial charge in [0, 0.05) is 49.4 Å². The highest BCUT2D eigenvalue weighted by Gasteiger charge is 2.35. The third-order valence-electron chi connectivity index (χ3n) is 4.12. The van der Waals surface area contributed by atoms with E-state index in [4.69, 9.17) is 17.3 Å². The van der Waals surface area contributed by atoms with Crippen LogP contribution < -0.4 is 10.6 Å². The van der Waals surface area contributed by atoms with E-state index in [2.05, 4.69) is 11.0 Å². The highest BCUT2D eigenvalue weighted by Crippen LogP contribution is 2.28. The summed E-state index contributed by atoms with van der Waals surface area (Å²) >= 11 is 6.21. The second-order valence-corrected chi connectivity index (χ2v) is 5.61. The monoisotopic (exact) mass is 279 g/mol. The molecule has 0 radical (unpaired) electrons. The number of hydrogen-bond acceptors (Lipinski definition) is 3. The lowest BCUT2D eigenvalue weighted by Gasteiger charge is -2.39. The van der Waals surface area contributed by atoms with Crippen molar-refractivity contribution in [1.29, 1.82) is 0 Å². The predicted octanol–water partition coefficient (Wildman–Crippen LogP) is 1.61. The molecule has 2 saturated heterocycles. The van der Waals surface area contributed by atoms with E-state index >= 15 is 0 Å². The first-order valence-electron chi connectivity index (χ1n) is 6.72. The van der Waals surface area contributed by atoms with E-state index < -0.39 is 0 Å². The van der Waals surface area contributed by atoms with Gasteiger partial charge in [0.05, 0.1) is 0 Å². The van der Waals surface area contributed by atoms with Gasteiger partial charge in [-0.25, -0.2) is 0 Å². The van der Waals surface area contributed by atoms with Gasteiger partial charge in [-0.3, -0.25) is 4.79 Å². The normalized spacial score (nSPS) is 22.8. The van der Waals surface area contributed by atoms with Crippen molar-refractivity contribution in [3.05, 3.63) is 28.8 Å². The van der Waals surface area contributed by atoms with Crippen molar-refractivity contribution in [2.45, 2.75) is 25.4 Å². The molecule has 1 unspecified atom stereocenters. The van der Waals surface area contributed by atoms with E-state index in [1.807, 2.05) is 17.0 Å². The fourth-order valence-corrected chi connectivity index (χ4v) is 3.25. The first kappa shape index (κ1) is 12.8. The third-order valence-corrected chi connectivity index (χ3v) is 4.47. The van der Waals surface area contributed by atoms with Gasteiger partial charge in [-0.1, -0.05) is 17.7 Å². The molecule has 2 aliphatic rings. The van der Waals surface area contributed by atoms with Gasteiger partial charge in [-0.2, -0.15) is 0 Å². The summed E-state index contributed by atoms with van der Waals surface area (Å²) in [5.74, 6) is 0.307. The zero-order chi connectivity index (χ0) is 13.4. The molecule has 0 aliphatic carbocycles. The predicted molar refractivity (Wildman–Crippen MR) is 76.3 cm³/mol. The number of amides is 1. The minimum absolute atomic E-state index is 0.307. The van der Waals surface area contributed by atoms with E-state index in [-0.39, 0.29) is 0 Å². The summed E-state index contributed by atoms with van der Waals surface area (Å²) in [4.78, 5) is 16.0. The summed E-state index contributed by atoms with van der Waals surface area (Å²) in [5.41, 5.74) is 7.72. The Morgan fingerprint density at radius 2 is 2.21 bits per heavy atom. The number of benzene rings is 1. The molecule has 1 aromatic rings. The van der Waals surface area contributed by atoms with Gasteiger partial charge in [-0.05, 0) is 24.1 Å². The van der Waals surface area contributed by atoms with E-state index in [1.54, 1.807) is 0 Å². The Labute approximate surface area is 118 Å². The Morgan fingerprint density at radius 1 is 1.37 bits per heavy atom. The van der Waals surface area contributed by atoms with E-state index in [9.17, 15) is 4.79 Å². The molecule has 0 spiro atoms. The van der Waals surface area contributed by atoms with Crippen LogP contribution in [0.3, 0.4) is 0 Å². The smallest absolute Gasteiger partial charge is 0.223 e. The summed E-state index contributed by atoms with van der Waals surface area (Å²) in [5, 5.41) is 0.727. The average Bonchev–Trinajstić information content (AvgIpc) is 2.80. The maximum atomic E-state index is 11.7. The van der Waals surface area contributed by atoms with Crippen LogP contribution in [0.5, 0.6) is 0 Å². The molecule has 2 N–H and O–H groups in total. The van der Waals surface area contributed by atoms with E-state index in [1.165, 1.54) is 0 Å². The lowest BCUT2D eigenvalue weighted by atomic mass is 10.1. The number of anilines is 1. The minimum Gasteiger partial charge on any atom is -0.368 e. The zero-order valence-corrected chi connectivity index (χ0v) is 11.6. The van der Waals surface area contributed by atoms with Gasteiger partial charge in [0.15, 0.2) is 0 Å². The molecule has 3 rings (SSSR count). The molecule has 5 heteroatoms. The van der Waals surface area contributed by atoms with Crippen LogP contribution in [0.25, 0.3) is 0 Å². The van der Waals surface area contributed by atoms with Gasteiger partial charge < -0.3 is 15.5 Å². The van der Waals surface area contributed by atoms with E-state index in [0.29, 0.717) is 24.9 Å². The molecule has 0 aromatic heterocycles. The second kappa shape index (κ2) is 5.02. The Kier molecular flexibility index (Phi) is 3.37. The van der Waals surface area contributed by atoms with Crippen LogP contribution in [0.15, 0.2) is 18.2 Å². The number of nitrogens with zero attached hydrogens (tertiary/aromatic N) is 2. The van der Waals surface area contributed by atoms with Crippen LogP contribution in [0.2, 0.25) is 5.02 Å². The van der Waals surface area contributed by atoms with Crippen LogP contribution in [0, 0.1) is 0 Å². The molecular weight excluding hydrogens is 262 g/mol. The highest BCUT2D eigenvalue weighted by molar-refractivity contribution is 6.31. The summed E-state index contributed by atoms with van der Waals surface area (Å²) in [6, 6.07) is 6.41. The van der Waals surface area contributed by atoms with Crippen LogP contribution in [0.4, 0.5) is 5.69 Å². The Bertz CT molecular complexity index is 505. The van der Waals surface area contributed by atoms with Gasteiger partial charge in [-0.15, -0.1) is 0 Å². The number of carbonyl (C=O) groups is 1. The quantitative estimate of drug-likeness (QED) is 0.895. The van der Waals surface area contributed by atoms with Crippen molar-refractivity contribution in [3.8, 4) is 0 Å². The minimum atomic E-state index is 0.307. The summed E-state index contributed by atoms with van der Waals surface area (Å²) in [6.45, 7) is 3.06. The number of rotatable bonds is 2. The molecule has 0 saturated carbocycles. The second-order valence-electron chi connectivity index (χ2n) is 5.21. The standard InChI is InChI=1S/C14H18ClN3O/c15-13-7-11(2-1-10(13)8-16)17-5-6-18-12(9-17)3-4-14(18)19/h1-2,7,12H,3-6,8-9,16H2. The fourth-order valence-electron chi connectivity index (χ4n) is 3.00. The molecule has 0 bridgehead atoms. The Balaban J connectivity index is 1.77. The van der Waals surface area contributed by atoms with Crippen LogP contribution in [0.1, 0.15) is 18.4 Å². The summed E-state index contributed by atoms with van der Waals surface area (Å²) < 4.78 is 0. The van der Waals surface area contributed by atoms with Crippen LogP contribution in [-0.2, 0) is 11.3 Å². The first-order chi connectivity index (χ1) is 9.19. The number of nitrogens with two attached hydrogens (primary N) is 1. The lowest BCUT2D eigenvalue weighted by Crippen LogP contribution is -2.51. The van der Waals surface area contributed by atoms with Crippen LogP contribution >= 0.6 is 11.6 Å². The largest absolute Gasteiger partial charge is 0.368 e. The van der Waals surface area contributed by atoms with Crippen molar-refractivity contribution in [2.75, 3.05) is 24.5 Å². The van der Waals surface area contributed by atoms with Gasteiger partial charge in [0.2, 0.25) is 5.91 Å². The van der Waals surface area contributed by atoms with E-state index in [0.717, 1.165) is 42.3 Å². The number of halogens is 1. The maximum absolute atomic E-state index is 11.7. The number of piperazine rings is 1. The Morgan fingerprint density at radius 3 is 2.95 bits per heavy atom.